The van der Waals surface area contributed by atoms with Crippen molar-refractivity contribution in [2.45, 2.75) is 77.3 Å². The molecule has 1 unspecified atom stereocenters. The van der Waals surface area contributed by atoms with Crippen LogP contribution in [0, 0.1) is 6.92 Å². The Hall–Kier alpha value is -3.94. The van der Waals surface area contributed by atoms with E-state index >= 15 is 0 Å². The highest BCUT2D eigenvalue weighted by Crippen LogP contribution is 2.49. The van der Waals surface area contributed by atoms with Gasteiger partial charge in [0.25, 0.3) is 0 Å². The molecule has 0 bridgehead atoms. The van der Waals surface area contributed by atoms with Crippen molar-refractivity contribution in [3.05, 3.63) is 82.7 Å². The van der Waals surface area contributed by atoms with E-state index in [4.69, 9.17) is 10.7 Å². The number of aromatic nitrogens is 2. The van der Waals surface area contributed by atoms with Crippen molar-refractivity contribution in [2.75, 3.05) is 5.32 Å². The van der Waals surface area contributed by atoms with Crippen LogP contribution in [0.15, 0.2) is 54.7 Å². The van der Waals surface area contributed by atoms with Crippen molar-refractivity contribution in [3.63, 3.8) is 0 Å². The Kier molecular flexibility index (Phi) is 7.44. The second-order valence-electron chi connectivity index (χ2n) is 11.2. The minimum atomic E-state index is -0.947. The molecule has 1 heterocycles. The molecule has 8 heteroatoms. The number of anilines is 2. The zero-order valence-corrected chi connectivity index (χ0v) is 22.8. The number of aryl methyl sites for hydroxylation is 3. The van der Waals surface area contributed by atoms with E-state index in [-0.39, 0.29) is 11.9 Å². The van der Waals surface area contributed by atoms with Gasteiger partial charge in [-0.25, -0.2) is 14.8 Å². The van der Waals surface area contributed by atoms with Crippen LogP contribution in [0.4, 0.5) is 16.4 Å². The lowest BCUT2D eigenvalue weighted by atomic mass is 9.88. The Balaban J connectivity index is 1.47. The molecular weight excluding hydrogens is 478 g/mol. The quantitative estimate of drug-likeness (QED) is 0.338. The van der Waals surface area contributed by atoms with Crippen LogP contribution >= 0.6 is 0 Å². The maximum atomic E-state index is 12.1. The van der Waals surface area contributed by atoms with Gasteiger partial charge in [-0.1, -0.05) is 36.4 Å². The average Bonchev–Trinajstić information content (AvgIpc) is 3.66. The van der Waals surface area contributed by atoms with Crippen LogP contribution in [0.3, 0.4) is 0 Å². The van der Waals surface area contributed by atoms with Crippen molar-refractivity contribution in [1.82, 2.24) is 14.9 Å². The van der Waals surface area contributed by atoms with E-state index < -0.39 is 17.0 Å². The maximum Gasteiger partial charge on any atom is 0.408 e. The average molecular weight is 516 g/mol. The molecule has 4 rings (SSSR count). The molecule has 200 valence electrons. The van der Waals surface area contributed by atoms with Crippen LogP contribution in [0.2, 0.25) is 0 Å². The molecule has 0 saturated heterocycles. The Labute approximate surface area is 224 Å². The minimum absolute atomic E-state index is 0.246. The monoisotopic (exact) mass is 515 g/mol. The lowest BCUT2D eigenvalue weighted by Gasteiger charge is -2.38. The SMILES string of the molecule is Cc1cnc(Nc2ccc(C(C)N(C(=O)O)C(C)(C)C)cc2)nc1CCc1ccccc1C1(C(N)=O)CC1. The summed E-state index contributed by atoms with van der Waals surface area (Å²) in [4.78, 5) is 34.6. The van der Waals surface area contributed by atoms with Crippen LogP contribution in [0.25, 0.3) is 0 Å². The van der Waals surface area contributed by atoms with Gasteiger partial charge in [0.2, 0.25) is 11.9 Å². The van der Waals surface area contributed by atoms with Crippen LogP contribution < -0.4 is 11.1 Å². The standard InChI is InChI=1S/C30H37N5O3/c1-19-18-32-27(33-23-13-10-21(11-14-23)20(2)35(28(37)38)29(3,4)5)34-25(19)15-12-22-8-6-7-9-24(22)30(16-17-30)26(31)36/h6-11,13-14,18,20H,12,15-17H2,1-5H3,(H2,31,36)(H,37,38)(H,32,33,34). The Bertz CT molecular complexity index is 1330. The fourth-order valence-corrected chi connectivity index (χ4v) is 5.18. The molecule has 0 radical (unpaired) electrons. The lowest BCUT2D eigenvalue weighted by Crippen LogP contribution is -2.46. The van der Waals surface area contributed by atoms with Gasteiger partial charge in [0.05, 0.1) is 11.5 Å². The fraction of sp³-hybridized carbons (Fsp3) is 0.400. The van der Waals surface area contributed by atoms with Crippen molar-refractivity contribution >= 4 is 23.6 Å². The summed E-state index contributed by atoms with van der Waals surface area (Å²) in [5, 5.41) is 13.0. The molecule has 3 aromatic rings. The summed E-state index contributed by atoms with van der Waals surface area (Å²) in [6.07, 6.45) is 3.95. The van der Waals surface area contributed by atoms with E-state index in [1.165, 1.54) is 4.90 Å². The number of hydrogen-bond acceptors (Lipinski definition) is 5. The van der Waals surface area contributed by atoms with Crippen LogP contribution in [-0.2, 0) is 23.1 Å². The molecule has 8 nitrogen and oxygen atoms in total. The van der Waals surface area contributed by atoms with Crippen molar-refractivity contribution in [1.29, 1.82) is 0 Å². The molecule has 1 fully saturated rings. The maximum absolute atomic E-state index is 12.1. The third-order valence-electron chi connectivity index (χ3n) is 7.43. The lowest BCUT2D eigenvalue weighted by molar-refractivity contribution is -0.120. The number of amides is 2. The van der Waals surface area contributed by atoms with Crippen molar-refractivity contribution in [2.24, 2.45) is 5.73 Å². The summed E-state index contributed by atoms with van der Waals surface area (Å²) in [5.41, 5.74) is 10.5. The van der Waals surface area contributed by atoms with Gasteiger partial charge in [-0.3, -0.25) is 9.69 Å². The molecule has 0 aliphatic heterocycles. The van der Waals surface area contributed by atoms with Crippen molar-refractivity contribution < 1.29 is 14.7 Å². The Morgan fingerprint density at radius 2 is 1.76 bits per heavy atom. The summed E-state index contributed by atoms with van der Waals surface area (Å²) in [5.74, 6) is 0.251. The number of hydrogen-bond donors (Lipinski definition) is 3. The zero-order chi connectivity index (χ0) is 27.7. The number of carboxylic acid groups (broad SMARTS) is 1. The first-order chi connectivity index (χ1) is 17.9. The van der Waals surface area contributed by atoms with E-state index in [1.54, 1.807) is 0 Å². The number of nitrogens with two attached hydrogens (primary N) is 1. The molecule has 38 heavy (non-hydrogen) atoms. The van der Waals surface area contributed by atoms with Gasteiger partial charge >= 0.3 is 6.09 Å². The first-order valence-corrected chi connectivity index (χ1v) is 13.0. The first-order valence-electron chi connectivity index (χ1n) is 13.0. The summed E-state index contributed by atoms with van der Waals surface area (Å²) in [6, 6.07) is 15.4. The van der Waals surface area contributed by atoms with Gasteiger partial charge in [-0.05, 0) is 94.7 Å². The minimum Gasteiger partial charge on any atom is -0.465 e. The second-order valence-corrected chi connectivity index (χ2v) is 11.2. The normalized spacial score (nSPS) is 15.0. The number of carbonyl (C=O) groups excluding carboxylic acids is 1. The molecular formula is C30H37N5O3. The summed E-state index contributed by atoms with van der Waals surface area (Å²) in [7, 11) is 0. The number of rotatable bonds is 9. The number of carbonyl (C=O) groups is 2. The molecule has 1 atom stereocenters. The Morgan fingerprint density at radius 3 is 2.34 bits per heavy atom. The van der Waals surface area contributed by atoms with E-state index in [1.807, 2.05) is 83.3 Å². The van der Waals surface area contributed by atoms with E-state index in [0.717, 1.165) is 52.9 Å². The summed E-state index contributed by atoms with van der Waals surface area (Å²) >= 11 is 0. The molecule has 2 aromatic carbocycles. The van der Waals surface area contributed by atoms with Gasteiger partial charge in [0.1, 0.15) is 0 Å². The van der Waals surface area contributed by atoms with Gasteiger partial charge in [-0.15, -0.1) is 0 Å². The predicted molar refractivity (Wildman–Crippen MR) is 148 cm³/mol. The molecule has 2 amide bonds. The molecule has 4 N–H and O–H groups in total. The Morgan fingerprint density at radius 1 is 1.11 bits per heavy atom. The number of benzene rings is 2. The highest BCUT2D eigenvalue weighted by Gasteiger charge is 2.50. The molecule has 0 spiro atoms. The molecule has 1 aliphatic carbocycles. The van der Waals surface area contributed by atoms with Crippen LogP contribution in [0.5, 0.6) is 0 Å². The smallest absolute Gasteiger partial charge is 0.408 e. The summed E-state index contributed by atoms with van der Waals surface area (Å²) in [6.45, 7) is 9.56. The van der Waals surface area contributed by atoms with Gasteiger partial charge in [0.15, 0.2) is 0 Å². The highest BCUT2D eigenvalue weighted by molar-refractivity contribution is 5.90. The number of primary amides is 1. The van der Waals surface area contributed by atoms with E-state index in [2.05, 4.69) is 16.4 Å². The molecule has 1 saturated carbocycles. The van der Waals surface area contributed by atoms with E-state index in [9.17, 15) is 14.7 Å². The van der Waals surface area contributed by atoms with Gasteiger partial charge < -0.3 is 16.2 Å². The summed E-state index contributed by atoms with van der Waals surface area (Å²) < 4.78 is 0. The second kappa shape index (κ2) is 10.4. The predicted octanol–water partition coefficient (Wildman–Crippen LogP) is 5.67. The third kappa shape index (κ3) is 5.64. The van der Waals surface area contributed by atoms with E-state index in [0.29, 0.717) is 12.4 Å². The molecule has 1 aliphatic rings. The number of nitrogens with one attached hydrogen (secondary N) is 1. The fourth-order valence-electron chi connectivity index (χ4n) is 5.18. The zero-order valence-electron chi connectivity index (χ0n) is 22.8. The van der Waals surface area contributed by atoms with Gasteiger partial charge in [-0.2, -0.15) is 0 Å². The number of nitrogens with zero attached hydrogens (tertiary/aromatic N) is 3. The largest absolute Gasteiger partial charge is 0.465 e. The third-order valence-corrected chi connectivity index (χ3v) is 7.43. The van der Waals surface area contributed by atoms with Crippen LogP contribution in [0.1, 0.15) is 74.5 Å². The van der Waals surface area contributed by atoms with Gasteiger partial charge in [0, 0.05) is 23.1 Å². The van der Waals surface area contributed by atoms with Crippen LogP contribution in [-0.4, -0.2) is 37.5 Å². The first kappa shape index (κ1) is 27.1. The topological polar surface area (TPSA) is 121 Å². The highest BCUT2D eigenvalue weighted by atomic mass is 16.4. The van der Waals surface area contributed by atoms with Crippen molar-refractivity contribution in [3.8, 4) is 0 Å². The molecule has 1 aromatic heterocycles.